The van der Waals surface area contributed by atoms with Crippen molar-refractivity contribution < 1.29 is 9.90 Å². The lowest BCUT2D eigenvalue weighted by Gasteiger charge is -2.24. The fraction of sp³-hybridized carbons (Fsp3) is 0.500. The van der Waals surface area contributed by atoms with Crippen molar-refractivity contribution >= 4 is 17.7 Å². The number of amides is 1. The topological polar surface area (TPSA) is 84.1 Å². The summed E-state index contributed by atoms with van der Waals surface area (Å²) in [6.07, 6.45) is 2.21. The van der Waals surface area contributed by atoms with Crippen LogP contribution in [0.2, 0.25) is 0 Å². The summed E-state index contributed by atoms with van der Waals surface area (Å²) < 4.78 is 1.57. The van der Waals surface area contributed by atoms with E-state index in [0.29, 0.717) is 22.9 Å². The molecule has 0 aliphatic heterocycles. The number of hydrogen-bond acceptors (Lipinski definition) is 6. The molecule has 1 N–H and O–H groups in total. The second-order valence-corrected chi connectivity index (χ2v) is 7.29. The van der Waals surface area contributed by atoms with Crippen molar-refractivity contribution in [3.8, 4) is 11.4 Å². The minimum absolute atomic E-state index is 0.136. The van der Waals surface area contributed by atoms with E-state index in [0.717, 1.165) is 25.1 Å². The van der Waals surface area contributed by atoms with Gasteiger partial charge in [-0.25, -0.2) is 0 Å². The largest absolute Gasteiger partial charge is 0.508 e. The smallest absolute Gasteiger partial charge is 0.233 e. The molecule has 128 valence electrons. The molecule has 0 bridgehead atoms. The molecule has 1 saturated carbocycles. The van der Waals surface area contributed by atoms with Crippen molar-refractivity contribution in [1.29, 1.82) is 0 Å². The van der Waals surface area contributed by atoms with Gasteiger partial charge in [0.15, 0.2) is 0 Å². The van der Waals surface area contributed by atoms with E-state index in [-0.39, 0.29) is 11.7 Å². The van der Waals surface area contributed by atoms with Gasteiger partial charge < -0.3 is 10.0 Å². The van der Waals surface area contributed by atoms with Crippen molar-refractivity contribution in [2.75, 3.05) is 12.3 Å². The molecule has 1 amide bonds. The Labute approximate surface area is 145 Å². The van der Waals surface area contributed by atoms with Gasteiger partial charge in [0.2, 0.25) is 11.1 Å². The molecule has 0 spiro atoms. The molecule has 0 unspecified atom stereocenters. The molecular weight excluding hydrogens is 326 g/mol. The van der Waals surface area contributed by atoms with Crippen LogP contribution in [0.15, 0.2) is 29.4 Å². The third-order valence-electron chi connectivity index (χ3n) is 3.73. The van der Waals surface area contributed by atoms with Gasteiger partial charge in [-0.05, 0) is 53.5 Å². The summed E-state index contributed by atoms with van der Waals surface area (Å²) >= 11 is 1.33. The summed E-state index contributed by atoms with van der Waals surface area (Å²) in [6.45, 7) is 5.05. The molecule has 8 heteroatoms. The van der Waals surface area contributed by atoms with Crippen molar-refractivity contribution in [3.05, 3.63) is 24.3 Å². The number of carbonyl (C=O) groups excluding carboxylic acids is 1. The molecule has 2 aromatic rings. The quantitative estimate of drug-likeness (QED) is 0.772. The summed E-state index contributed by atoms with van der Waals surface area (Å²) in [7, 11) is 0. The number of nitrogens with zero attached hydrogens (tertiary/aromatic N) is 5. The third kappa shape index (κ3) is 4.05. The number of aromatic hydroxyl groups is 1. The Morgan fingerprint density at radius 1 is 1.38 bits per heavy atom. The van der Waals surface area contributed by atoms with Crippen LogP contribution < -0.4 is 0 Å². The van der Waals surface area contributed by atoms with Crippen LogP contribution >= 0.6 is 11.8 Å². The molecule has 1 heterocycles. The zero-order valence-electron chi connectivity index (χ0n) is 13.8. The molecule has 1 aromatic carbocycles. The number of thioether (sulfide) groups is 1. The van der Waals surface area contributed by atoms with Crippen LogP contribution in [-0.4, -0.2) is 54.5 Å². The highest BCUT2D eigenvalue weighted by atomic mass is 32.2. The van der Waals surface area contributed by atoms with E-state index in [4.69, 9.17) is 0 Å². The number of tetrazole rings is 1. The van der Waals surface area contributed by atoms with Crippen molar-refractivity contribution in [2.24, 2.45) is 5.92 Å². The number of phenols is 1. The molecule has 1 fully saturated rings. The van der Waals surface area contributed by atoms with E-state index in [1.54, 1.807) is 28.9 Å². The van der Waals surface area contributed by atoms with Gasteiger partial charge >= 0.3 is 0 Å². The van der Waals surface area contributed by atoms with E-state index in [9.17, 15) is 9.90 Å². The summed E-state index contributed by atoms with van der Waals surface area (Å²) in [5, 5.41) is 21.6. The number of phenolic OH excluding ortho intramolecular Hbond substituents is 1. The van der Waals surface area contributed by atoms with E-state index in [2.05, 4.69) is 29.4 Å². The molecule has 1 aliphatic rings. The first-order chi connectivity index (χ1) is 11.5. The van der Waals surface area contributed by atoms with Crippen LogP contribution in [0.5, 0.6) is 5.75 Å². The zero-order chi connectivity index (χ0) is 17.1. The summed E-state index contributed by atoms with van der Waals surface area (Å²) in [5.41, 5.74) is 0.744. The first-order valence-corrected chi connectivity index (χ1v) is 9.03. The highest BCUT2D eigenvalue weighted by Gasteiger charge is 2.32. The Morgan fingerprint density at radius 3 is 2.71 bits per heavy atom. The van der Waals surface area contributed by atoms with Gasteiger partial charge in [-0.1, -0.05) is 25.6 Å². The first kappa shape index (κ1) is 16.8. The summed E-state index contributed by atoms with van der Waals surface area (Å²) in [5.74, 6) is 1.10. The lowest BCUT2D eigenvalue weighted by molar-refractivity contribution is -0.129. The number of aromatic nitrogens is 4. The third-order valence-corrected chi connectivity index (χ3v) is 4.63. The van der Waals surface area contributed by atoms with Gasteiger partial charge in [0.1, 0.15) is 5.75 Å². The van der Waals surface area contributed by atoms with Crippen LogP contribution in [0, 0.1) is 5.92 Å². The lowest BCUT2D eigenvalue weighted by atomic mass is 10.2. The Balaban J connectivity index is 1.65. The fourth-order valence-corrected chi connectivity index (χ4v) is 3.24. The van der Waals surface area contributed by atoms with Crippen LogP contribution in [0.25, 0.3) is 5.69 Å². The van der Waals surface area contributed by atoms with Gasteiger partial charge in [0.05, 0.1) is 11.4 Å². The van der Waals surface area contributed by atoms with Crippen LogP contribution in [0.1, 0.15) is 26.7 Å². The zero-order valence-corrected chi connectivity index (χ0v) is 14.6. The SMILES string of the molecule is CC(C)CN(C(=O)CSc1nnnn1-c1ccc(O)cc1)C1CC1. The number of carbonyl (C=O) groups is 1. The number of benzene rings is 1. The van der Waals surface area contributed by atoms with Crippen molar-refractivity contribution in [1.82, 2.24) is 25.1 Å². The van der Waals surface area contributed by atoms with Crippen LogP contribution in [-0.2, 0) is 4.79 Å². The second kappa shape index (κ2) is 7.21. The maximum absolute atomic E-state index is 12.5. The predicted octanol–water partition coefficient (Wildman–Crippen LogP) is 2.11. The molecule has 7 nitrogen and oxygen atoms in total. The number of rotatable bonds is 7. The molecular formula is C16H21N5O2S. The monoisotopic (exact) mass is 347 g/mol. The lowest BCUT2D eigenvalue weighted by Crippen LogP contribution is -2.37. The van der Waals surface area contributed by atoms with Gasteiger partial charge in [-0.15, -0.1) is 5.10 Å². The molecule has 3 rings (SSSR count). The van der Waals surface area contributed by atoms with Crippen LogP contribution in [0.3, 0.4) is 0 Å². The number of hydrogen-bond donors (Lipinski definition) is 1. The highest BCUT2D eigenvalue weighted by Crippen LogP contribution is 2.29. The van der Waals surface area contributed by atoms with Crippen molar-refractivity contribution in [3.63, 3.8) is 0 Å². The Hall–Kier alpha value is -2.09. The Morgan fingerprint density at radius 2 is 2.08 bits per heavy atom. The van der Waals surface area contributed by atoms with Gasteiger partial charge in [-0.3, -0.25) is 4.79 Å². The molecule has 1 aliphatic carbocycles. The minimum atomic E-state index is 0.136. The molecule has 24 heavy (non-hydrogen) atoms. The highest BCUT2D eigenvalue weighted by molar-refractivity contribution is 7.99. The average Bonchev–Trinajstić information content (AvgIpc) is 3.29. The standard InChI is InChI=1S/C16H21N5O2S/c1-11(2)9-20(12-3-4-12)15(23)10-24-16-17-18-19-21(16)13-5-7-14(22)8-6-13/h5-8,11-12,22H,3-4,9-10H2,1-2H3. The van der Waals surface area contributed by atoms with Gasteiger partial charge in [-0.2, -0.15) is 4.68 Å². The Kier molecular flexibility index (Phi) is 5.03. The van der Waals surface area contributed by atoms with Crippen molar-refractivity contribution in [2.45, 2.75) is 37.9 Å². The molecule has 0 atom stereocenters. The fourth-order valence-electron chi connectivity index (χ4n) is 2.47. The summed E-state index contributed by atoms with van der Waals surface area (Å²) in [6, 6.07) is 7.02. The average molecular weight is 347 g/mol. The minimum Gasteiger partial charge on any atom is -0.508 e. The van der Waals surface area contributed by atoms with Gasteiger partial charge in [0, 0.05) is 12.6 Å². The van der Waals surface area contributed by atoms with E-state index >= 15 is 0 Å². The predicted molar refractivity (Wildman–Crippen MR) is 91.1 cm³/mol. The Bertz CT molecular complexity index is 697. The molecule has 0 saturated heterocycles. The molecule has 1 aromatic heterocycles. The maximum Gasteiger partial charge on any atom is 0.233 e. The van der Waals surface area contributed by atoms with E-state index in [1.807, 2.05) is 4.90 Å². The maximum atomic E-state index is 12.5. The molecule has 0 radical (unpaired) electrons. The van der Waals surface area contributed by atoms with Crippen LogP contribution in [0.4, 0.5) is 0 Å². The van der Waals surface area contributed by atoms with E-state index < -0.39 is 0 Å². The second-order valence-electron chi connectivity index (χ2n) is 6.35. The van der Waals surface area contributed by atoms with Gasteiger partial charge in [0.25, 0.3) is 0 Å². The normalized spacial score (nSPS) is 14.1. The summed E-state index contributed by atoms with van der Waals surface area (Å²) in [4.78, 5) is 14.5. The van der Waals surface area contributed by atoms with E-state index in [1.165, 1.54) is 11.8 Å². The first-order valence-electron chi connectivity index (χ1n) is 8.04.